The lowest BCUT2D eigenvalue weighted by Gasteiger charge is -2.27. The first kappa shape index (κ1) is 14.1. The molecule has 4 nitrogen and oxygen atoms in total. The van der Waals surface area contributed by atoms with Gasteiger partial charge in [-0.15, -0.1) is 0 Å². The summed E-state index contributed by atoms with van der Waals surface area (Å²) in [6.45, 7) is 0. The molecule has 1 aliphatic heterocycles. The molecule has 3 rings (SSSR count). The van der Waals surface area contributed by atoms with Crippen LogP contribution in [0.1, 0.15) is 18.1 Å². The highest BCUT2D eigenvalue weighted by Crippen LogP contribution is 2.44. The van der Waals surface area contributed by atoms with Crippen molar-refractivity contribution in [3.63, 3.8) is 0 Å². The standard InChI is InChI=1S/C16H15NO3S/c17-10-16(8-9-21(19,20)11-16)15(18)14-7-3-5-12-4-1-2-6-13(12)14/h1-7,15,18H,8-9,11H2. The van der Waals surface area contributed by atoms with Crippen molar-refractivity contribution >= 4 is 20.6 Å². The van der Waals surface area contributed by atoms with Crippen molar-refractivity contribution in [3.05, 3.63) is 48.0 Å². The summed E-state index contributed by atoms with van der Waals surface area (Å²) >= 11 is 0. The third-order valence-corrected chi connectivity index (χ3v) is 5.98. The third-order valence-electron chi connectivity index (χ3n) is 4.20. The van der Waals surface area contributed by atoms with E-state index < -0.39 is 21.4 Å². The first-order valence-corrected chi connectivity index (χ1v) is 8.57. The molecule has 0 saturated carbocycles. The van der Waals surface area contributed by atoms with E-state index in [-0.39, 0.29) is 17.9 Å². The van der Waals surface area contributed by atoms with E-state index in [0.717, 1.165) is 10.8 Å². The highest BCUT2D eigenvalue weighted by atomic mass is 32.2. The molecule has 0 aliphatic carbocycles. The zero-order valence-electron chi connectivity index (χ0n) is 11.4. The smallest absolute Gasteiger partial charge is 0.152 e. The highest BCUT2D eigenvalue weighted by Gasteiger charge is 2.48. The van der Waals surface area contributed by atoms with Gasteiger partial charge < -0.3 is 5.11 Å². The van der Waals surface area contributed by atoms with Gasteiger partial charge in [0.15, 0.2) is 9.84 Å². The molecule has 2 aromatic carbocycles. The molecule has 21 heavy (non-hydrogen) atoms. The maximum atomic E-state index is 11.7. The quantitative estimate of drug-likeness (QED) is 0.922. The van der Waals surface area contributed by atoms with Crippen molar-refractivity contribution in [2.24, 2.45) is 5.41 Å². The lowest BCUT2D eigenvalue weighted by atomic mass is 9.78. The van der Waals surface area contributed by atoms with E-state index in [1.54, 1.807) is 6.07 Å². The van der Waals surface area contributed by atoms with E-state index >= 15 is 0 Å². The molecule has 1 heterocycles. The first-order chi connectivity index (χ1) is 9.97. The minimum Gasteiger partial charge on any atom is -0.387 e. The molecule has 2 aromatic rings. The monoisotopic (exact) mass is 301 g/mol. The second-order valence-corrected chi connectivity index (χ2v) is 7.76. The van der Waals surface area contributed by atoms with Gasteiger partial charge in [0.25, 0.3) is 0 Å². The number of sulfone groups is 1. The van der Waals surface area contributed by atoms with Crippen LogP contribution in [0, 0.1) is 16.7 Å². The van der Waals surface area contributed by atoms with Crippen LogP contribution in [-0.4, -0.2) is 25.0 Å². The summed E-state index contributed by atoms with van der Waals surface area (Å²) in [5.41, 5.74) is -0.630. The summed E-state index contributed by atoms with van der Waals surface area (Å²) in [6.07, 6.45) is -0.929. The summed E-state index contributed by atoms with van der Waals surface area (Å²) in [5.74, 6) is -0.316. The van der Waals surface area contributed by atoms with Gasteiger partial charge in [0.2, 0.25) is 0 Å². The Morgan fingerprint density at radius 2 is 1.90 bits per heavy atom. The van der Waals surface area contributed by atoms with Gasteiger partial charge >= 0.3 is 0 Å². The van der Waals surface area contributed by atoms with Crippen molar-refractivity contribution in [1.82, 2.24) is 0 Å². The third kappa shape index (κ3) is 2.31. The van der Waals surface area contributed by atoms with Crippen LogP contribution in [0.3, 0.4) is 0 Å². The number of hydrogen-bond acceptors (Lipinski definition) is 4. The molecule has 0 radical (unpaired) electrons. The van der Waals surface area contributed by atoms with Crippen molar-refractivity contribution < 1.29 is 13.5 Å². The van der Waals surface area contributed by atoms with Crippen LogP contribution in [0.15, 0.2) is 42.5 Å². The topological polar surface area (TPSA) is 78.2 Å². The summed E-state index contributed by atoms with van der Waals surface area (Å²) < 4.78 is 23.5. The molecule has 108 valence electrons. The number of nitriles is 1. The Balaban J connectivity index is 2.13. The number of rotatable bonds is 2. The second kappa shape index (κ2) is 4.83. The number of fused-ring (bicyclic) bond motifs is 1. The summed E-state index contributed by atoms with van der Waals surface area (Å²) in [5, 5.41) is 22.0. The Morgan fingerprint density at radius 3 is 2.57 bits per heavy atom. The van der Waals surface area contributed by atoms with Gasteiger partial charge in [0.1, 0.15) is 5.41 Å². The molecule has 1 fully saturated rings. The molecule has 5 heteroatoms. The van der Waals surface area contributed by atoms with E-state index in [1.807, 2.05) is 36.4 Å². The van der Waals surface area contributed by atoms with Gasteiger partial charge in [-0.1, -0.05) is 42.5 Å². The Labute approximate surface area is 123 Å². The fourth-order valence-corrected chi connectivity index (χ4v) is 5.00. The molecule has 0 amide bonds. The van der Waals surface area contributed by atoms with Crippen LogP contribution < -0.4 is 0 Å². The van der Waals surface area contributed by atoms with E-state index in [1.165, 1.54) is 0 Å². The summed E-state index contributed by atoms with van der Waals surface area (Å²) in [6, 6.07) is 15.1. The average molecular weight is 301 g/mol. The van der Waals surface area contributed by atoms with Crippen LogP contribution in [0.5, 0.6) is 0 Å². The Morgan fingerprint density at radius 1 is 1.19 bits per heavy atom. The minimum atomic E-state index is -3.25. The Kier molecular flexibility index (Phi) is 3.23. The molecule has 0 bridgehead atoms. The van der Waals surface area contributed by atoms with Crippen LogP contribution in [0.25, 0.3) is 10.8 Å². The van der Waals surface area contributed by atoms with Crippen LogP contribution in [0.4, 0.5) is 0 Å². The molecule has 2 atom stereocenters. The lowest BCUT2D eigenvalue weighted by Crippen LogP contribution is -2.29. The van der Waals surface area contributed by atoms with E-state index in [0.29, 0.717) is 5.56 Å². The zero-order valence-corrected chi connectivity index (χ0v) is 12.2. The molecular weight excluding hydrogens is 286 g/mol. The van der Waals surface area contributed by atoms with Gasteiger partial charge in [0.05, 0.1) is 23.7 Å². The minimum absolute atomic E-state index is 0.0393. The Hall–Kier alpha value is -1.90. The fourth-order valence-electron chi connectivity index (χ4n) is 3.03. The van der Waals surface area contributed by atoms with E-state index in [2.05, 4.69) is 6.07 Å². The summed E-state index contributed by atoms with van der Waals surface area (Å²) in [7, 11) is -3.25. The molecular formula is C16H15NO3S. The predicted molar refractivity (Wildman–Crippen MR) is 80.2 cm³/mol. The Bertz CT molecular complexity index is 833. The van der Waals surface area contributed by atoms with Crippen LogP contribution in [-0.2, 0) is 9.84 Å². The van der Waals surface area contributed by atoms with Crippen molar-refractivity contribution in [2.75, 3.05) is 11.5 Å². The molecule has 2 unspecified atom stereocenters. The maximum absolute atomic E-state index is 11.7. The normalized spacial score (nSPS) is 25.5. The number of benzene rings is 2. The molecule has 0 spiro atoms. The molecule has 1 aliphatic rings. The molecule has 1 saturated heterocycles. The van der Waals surface area contributed by atoms with Gasteiger partial charge in [-0.3, -0.25) is 0 Å². The molecule has 0 aromatic heterocycles. The number of hydrogen-bond donors (Lipinski definition) is 1. The lowest BCUT2D eigenvalue weighted by molar-refractivity contribution is 0.0806. The fraction of sp³-hybridized carbons (Fsp3) is 0.312. The first-order valence-electron chi connectivity index (χ1n) is 6.75. The van der Waals surface area contributed by atoms with E-state index in [4.69, 9.17) is 0 Å². The van der Waals surface area contributed by atoms with Gasteiger partial charge in [0, 0.05) is 0 Å². The maximum Gasteiger partial charge on any atom is 0.152 e. The van der Waals surface area contributed by atoms with Crippen molar-refractivity contribution in [1.29, 1.82) is 5.26 Å². The van der Waals surface area contributed by atoms with Crippen molar-refractivity contribution in [3.8, 4) is 6.07 Å². The number of aliphatic hydroxyl groups is 1. The highest BCUT2D eigenvalue weighted by molar-refractivity contribution is 7.91. The number of aliphatic hydroxyl groups excluding tert-OH is 1. The van der Waals surface area contributed by atoms with Crippen molar-refractivity contribution in [2.45, 2.75) is 12.5 Å². The van der Waals surface area contributed by atoms with Gasteiger partial charge in [-0.05, 0) is 22.8 Å². The second-order valence-electron chi connectivity index (χ2n) is 5.58. The van der Waals surface area contributed by atoms with Crippen LogP contribution >= 0.6 is 0 Å². The van der Waals surface area contributed by atoms with E-state index in [9.17, 15) is 18.8 Å². The SMILES string of the molecule is N#CC1(C(O)c2cccc3ccccc23)CCS(=O)(=O)C1. The molecule has 1 N–H and O–H groups in total. The predicted octanol–water partition coefficient (Wildman–Crippen LogP) is 2.20. The zero-order chi connectivity index (χ0) is 15.1. The largest absolute Gasteiger partial charge is 0.387 e. The van der Waals surface area contributed by atoms with Gasteiger partial charge in [-0.25, -0.2) is 8.42 Å². The van der Waals surface area contributed by atoms with Gasteiger partial charge in [-0.2, -0.15) is 5.26 Å². The summed E-state index contributed by atoms with van der Waals surface area (Å²) in [4.78, 5) is 0. The average Bonchev–Trinajstić information content (AvgIpc) is 2.82. The van der Waals surface area contributed by atoms with Crippen LogP contribution in [0.2, 0.25) is 0 Å². The number of nitrogens with zero attached hydrogens (tertiary/aromatic N) is 1.